The number of hydrogen-bond acceptors (Lipinski definition) is 7. The first-order valence-corrected chi connectivity index (χ1v) is 18.7. The number of amides is 2. The average molecular weight is 663 g/mol. The molecule has 0 saturated carbocycles. The van der Waals surface area contributed by atoms with E-state index in [1.165, 1.54) is 90.4 Å². The Morgan fingerprint density at radius 3 is 1.77 bits per heavy atom. The standard InChI is InChI=1S/C38H66N2O7/c1-6-10-11-12-13-14-15-16-17-18-19-20-21-22-23-24-27-46-36(43)26-25-35(42)40-33-28-31(38(44)45-9-4)29-34(37(33)39-30(5)41)47-32(7-2)8-3/h25-26,29,32-34,37H,6-24,27-28H2,1-5H3,(H,39,41)(H,40,42)/b26-25+/t33-,34+,37+/m0/s1. The summed E-state index contributed by atoms with van der Waals surface area (Å²) in [6, 6.07) is -1.26. The van der Waals surface area contributed by atoms with Gasteiger partial charge in [-0.25, -0.2) is 9.59 Å². The zero-order chi connectivity index (χ0) is 34.7. The smallest absolute Gasteiger partial charge is 0.333 e. The Hall–Kier alpha value is -2.68. The maximum Gasteiger partial charge on any atom is 0.333 e. The van der Waals surface area contributed by atoms with E-state index in [1.54, 1.807) is 13.0 Å². The van der Waals surface area contributed by atoms with Crippen LogP contribution in [-0.4, -0.2) is 61.3 Å². The number of rotatable bonds is 27. The number of nitrogens with one attached hydrogen (secondary N) is 2. The normalized spacial score (nSPS) is 17.8. The monoisotopic (exact) mass is 662 g/mol. The van der Waals surface area contributed by atoms with E-state index in [-0.39, 0.29) is 25.0 Å². The van der Waals surface area contributed by atoms with Crippen molar-refractivity contribution in [2.75, 3.05) is 13.2 Å². The quantitative estimate of drug-likeness (QED) is 0.0523. The summed E-state index contributed by atoms with van der Waals surface area (Å²) in [7, 11) is 0. The van der Waals surface area contributed by atoms with Crippen molar-refractivity contribution >= 4 is 23.8 Å². The molecule has 1 aliphatic rings. The van der Waals surface area contributed by atoms with Crippen molar-refractivity contribution in [3.63, 3.8) is 0 Å². The van der Waals surface area contributed by atoms with Gasteiger partial charge in [0.05, 0.1) is 37.5 Å². The third-order valence-corrected chi connectivity index (χ3v) is 8.70. The van der Waals surface area contributed by atoms with Crippen LogP contribution in [0.5, 0.6) is 0 Å². The SMILES string of the molecule is CCCCCCCCCCCCCCCCCCOC(=O)/C=C/C(=O)N[C@H]1CC(C(=O)OCC)=C[C@@H](OC(CC)CC)[C@@H]1NC(C)=O. The largest absolute Gasteiger partial charge is 0.463 e. The summed E-state index contributed by atoms with van der Waals surface area (Å²) in [5.41, 5.74) is 0.372. The van der Waals surface area contributed by atoms with Crippen molar-refractivity contribution in [1.82, 2.24) is 10.6 Å². The second kappa shape index (κ2) is 27.3. The van der Waals surface area contributed by atoms with Crippen molar-refractivity contribution in [1.29, 1.82) is 0 Å². The fourth-order valence-electron chi connectivity index (χ4n) is 5.97. The number of esters is 2. The van der Waals surface area contributed by atoms with Crippen LogP contribution in [0.3, 0.4) is 0 Å². The molecular formula is C38H66N2O7. The second-order valence-electron chi connectivity index (χ2n) is 12.8. The molecule has 9 heteroatoms. The lowest BCUT2D eigenvalue weighted by Gasteiger charge is -2.38. The molecule has 1 rings (SSSR count). The molecule has 0 aromatic rings. The van der Waals surface area contributed by atoms with Crippen LogP contribution in [0, 0.1) is 0 Å². The number of carbonyl (C=O) groups excluding carboxylic acids is 4. The molecule has 0 radical (unpaired) electrons. The molecule has 270 valence electrons. The van der Waals surface area contributed by atoms with Gasteiger partial charge in [-0.05, 0) is 32.3 Å². The minimum Gasteiger partial charge on any atom is -0.463 e. The molecule has 0 bridgehead atoms. The van der Waals surface area contributed by atoms with Gasteiger partial charge in [0.15, 0.2) is 0 Å². The molecule has 2 amide bonds. The fraction of sp³-hybridized carbons (Fsp3) is 0.789. The lowest BCUT2D eigenvalue weighted by molar-refractivity contribution is -0.139. The third kappa shape index (κ3) is 20.3. The van der Waals surface area contributed by atoms with E-state index in [9.17, 15) is 19.2 Å². The van der Waals surface area contributed by atoms with Gasteiger partial charge >= 0.3 is 11.9 Å². The Bertz CT molecular complexity index is 944. The highest BCUT2D eigenvalue weighted by atomic mass is 16.5. The van der Waals surface area contributed by atoms with Crippen molar-refractivity contribution in [3.05, 3.63) is 23.8 Å². The predicted octanol–water partition coefficient (Wildman–Crippen LogP) is 7.80. The van der Waals surface area contributed by atoms with E-state index in [2.05, 4.69) is 17.6 Å². The minimum atomic E-state index is -0.652. The Morgan fingerprint density at radius 1 is 0.745 bits per heavy atom. The molecule has 2 N–H and O–H groups in total. The summed E-state index contributed by atoms with van der Waals surface area (Å²) in [6.45, 7) is 9.92. The minimum absolute atomic E-state index is 0.0885. The van der Waals surface area contributed by atoms with Crippen LogP contribution in [0.25, 0.3) is 0 Å². The summed E-state index contributed by atoms with van der Waals surface area (Å²) in [5, 5.41) is 5.73. The second-order valence-corrected chi connectivity index (χ2v) is 12.8. The van der Waals surface area contributed by atoms with Crippen molar-refractivity contribution in [2.45, 2.75) is 181 Å². The van der Waals surface area contributed by atoms with Crippen molar-refractivity contribution < 1.29 is 33.4 Å². The van der Waals surface area contributed by atoms with Gasteiger partial charge in [-0.15, -0.1) is 0 Å². The van der Waals surface area contributed by atoms with Crippen LogP contribution in [0.1, 0.15) is 157 Å². The predicted molar refractivity (Wildman–Crippen MR) is 188 cm³/mol. The van der Waals surface area contributed by atoms with Gasteiger partial charge in [-0.1, -0.05) is 117 Å². The zero-order valence-corrected chi connectivity index (χ0v) is 30.2. The molecule has 0 aromatic heterocycles. The van der Waals surface area contributed by atoms with Crippen molar-refractivity contribution in [2.24, 2.45) is 0 Å². The maximum absolute atomic E-state index is 12.8. The Balaban J connectivity index is 2.39. The molecule has 9 nitrogen and oxygen atoms in total. The number of ether oxygens (including phenoxy) is 3. The van der Waals surface area contributed by atoms with Gasteiger partial charge in [0.25, 0.3) is 0 Å². The highest BCUT2D eigenvalue weighted by molar-refractivity contribution is 5.95. The van der Waals surface area contributed by atoms with Crippen LogP contribution in [0.4, 0.5) is 0 Å². The summed E-state index contributed by atoms with van der Waals surface area (Å²) >= 11 is 0. The van der Waals surface area contributed by atoms with E-state index in [0.29, 0.717) is 12.2 Å². The molecular weight excluding hydrogens is 596 g/mol. The van der Waals surface area contributed by atoms with E-state index < -0.39 is 36.0 Å². The first-order valence-electron chi connectivity index (χ1n) is 18.7. The van der Waals surface area contributed by atoms with Crippen LogP contribution in [0.15, 0.2) is 23.8 Å². The molecule has 0 spiro atoms. The van der Waals surface area contributed by atoms with Crippen LogP contribution >= 0.6 is 0 Å². The summed E-state index contributed by atoms with van der Waals surface area (Å²) in [5.74, 6) is -1.88. The number of unbranched alkanes of at least 4 members (excludes halogenated alkanes) is 15. The molecule has 3 atom stereocenters. The van der Waals surface area contributed by atoms with E-state index in [0.717, 1.165) is 44.3 Å². The first kappa shape index (κ1) is 42.3. The Labute approximate surface area is 285 Å². The van der Waals surface area contributed by atoms with Crippen molar-refractivity contribution in [3.8, 4) is 0 Å². The topological polar surface area (TPSA) is 120 Å². The van der Waals surface area contributed by atoms with Gasteiger partial charge in [0.1, 0.15) is 0 Å². The molecule has 0 fully saturated rings. The van der Waals surface area contributed by atoms with Gasteiger partial charge in [0.2, 0.25) is 11.8 Å². The van der Waals surface area contributed by atoms with Gasteiger partial charge < -0.3 is 24.8 Å². The Morgan fingerprint density at radius 2 is 1.28 bits per heavy atom. The van der Waals surface area contributed by atoms with E-state index in [4.69, 9.17) is 14.2 Å². The number of hydrogen-bond donors (Lipinski definition) is 2. The average Bonchev–Trinajstić information content (AvgIpc) is 3.05. The molecule has 0 saturated heterocycles. The highest BCUT2D eigenvalue weighted by Crippen LogP contribution is 2.25. The molecule has 1 aliphatic carbocycles. The van der Waals surface area contributed by atoms with Gasteiger partial charge in [-0.2, -0.15) is 0 Å². The molecule has 0 unspecified atom stereocenters. The first-order chi connectivity index (χ1) is 22.7. The maximum atomic E-state index is 12.8. The Kier molecular flexibility index (Phi) is 24.6. The summed E-state index contributed by atoms with van der Waals surface area (Å²) < 4.78 is 16.7. The molecule has 47 heavy (non-hydrogen) atoms. The molecule has 0 aliphatic heterocycles. The fourth-order valence-corrected chi connectivity index (χ4v) is 5.97. The highest BCUT2D eigenvalue weighted by Gasteiger charge is 2.38. The number of carbonyl (C=O) groups is 4. The van der Waals surface area contributed by atoms with Gasteiger partial charge in [0, 0.05) is 31.1 Å². The zero-order valence-electron chi connectivity index (χ0n) is 30.2. The molecule has 0 heterocycles. The lowest BCUT2D eigenvalue weighted by Crippen LogP contribution is -2.59. The van der Waals surface area contributed by atoms with Crippen LogP contribution < -0.4 is 10.6 Å². The van der Waals surface area contributed by atoms with Crippen LogP contribution in [0.2, 0.25) is 0 Å². The van der Waals surface area contributed by atoms with E-state index in [1.807, 2.05) is 13.8 Å². The molecule has 0 aromatic carbocycles. The van der Waals surface area contributed by atoms with Gasteiger partial charge in [-0.3, -0.25) is 9.59 Å². The summed E-state index contributed by atoms with van der Waals surface area (Å²) in [4.78, 5) is 49.7. The van der Waals surface area contributed by atoms with E-state index >= 15 is 0 Å². The summed E-state index contributed by atoms with van der Waals surface area (Å²) in [6.07, 6.45) is 25.3. The third-order valence-electron chi connectivity index (χ3n) is 8.70. The lowest BCUT2D eigenvalue weighted by atomic mass is 9.87. The van der Waals surface area contributed by atoms with Crippen LogP contribution in [-0.2, 0) is 33.4 Å².